The van der Waals surface area contributed by atoms with E-state index in [0.717, 1.165) is 6.42 Å². The predicted octanol–water partition coefficient (Wildman–Crippen LogP) is 5.45. The highest BCUT2D eigenvalue weighted by Crippen LogP contribution is 2.35. The molecule has 1 aromatic rings. The lowest BCUT2D eigenvalue weighted by atomic mass is 9.94. The summed E-state index contributed by atoms with van der Waals surface area (Å²) < 4.78 is 0. The monoisotopic (exact) mass is 255 g/mol. The van der Waals surface area contributed by atoms with Crippen LogP contribution in [0.5, 0.6) is 0 Å². The van der Waals surface area contributed by atoms with E-state index in [1.807, 2.05) is 25.2 Å². The Bertz CT molecular complexity index is 318. The second kappa shape index (κ2) is 7.05. The van der Waals surface area contributed by atoms with Crippen LogP contribution in [0.3, 0.4) is 0 Å². The lowest BCUT2D eigenvalue weighted by Crippen LogP contribution is -2.11. The van der Waals surface area contributed by atoms with Crippen molar-refractivity contribution in [2.45, 2.75) is 73.3 Å². The van der Waals surface area contributed by atoms with Crippen molar-refractivity contribution in [1.29, 1.82) is 0 Å². The first-order valence-electron chi connectivity index (χ1n) is 6.74. The molecule has 0 aromatic carbocycles. The molecule has 1 N–H and O–H groups in total. The van der Waals surface area contributed by atoms with Crippen LogP contribution in [0.15, 0.2) is 6.07 Å². The van der Waals surface area contributed by atoms with Crippen LogP contribution in [-0.4, -0.2) is 6.04 Å². The first-order valence-corrected chi connectivity index (χ1v) is 7.56. The van der Waals surface area contributed by atoms with Gasteiger partial charge in [0.1, 0.15) is 0 Å². The minimum Gasteiger partial charge on any atom is -0.382 e. The topological polar surface area (TPSA) is 12.0 Å². The van der Waals surface area contributed by atoms with Crippen LogP contribution in [-0.2, 0) is 11.8 Å². The van der Waals surface area contributed by atoms with Crippen LogP contribution in [0.2, 0.25) is 0 Å². The Kier molecular flexibility index (Phi) is 6.84. The van der Waals surface area contributed by atoms with Crippen LogP contribution in [0.4, 0.5) is 5.69 Å². The van der Waals surface area contributed by atoms with Crippen molar-refractivity contribution in [3.8, 4) is 0 Å². The summed E-state index contributed by atoms with van der Waals surface area (Å²) in [5.41, 5.74) is 1.60. The lowest BCUT2D eigenvalue weighted by molar-refractivity contribution is 0.604. The zero-order valence-electron chi connectivity index (χ0n) is 12.8. The van der Waals surface area contributed by atoms with Crippen LogP contribution in [0.1, 0.15) is 65.1 Å². The number of hydrogen-bond donors (Lipinski definition) is 1. The number of thiophene rings is 1. The fourth-order valence-corrected chi connectivity index (χ4v) is 2.61. The third-order valence-electron chi connectivity index (χ3n) is 2.31. The summed E-state index contributed by atoms with van der Waals surface area (Å²) in [7, 11) is 0. The van der Waals surface area contributed by atoms with E-state index < -0.39 is 0 Å². The summed E-state index contributed by atoms with van der Waals surface area (Å²) in [5.74, 6) is 0. The third kappa shape index (κ3) is 5.12. The zero-order valence-corrected chi connectivity index (χ0v) is 13.6. The molecule has 1 aromatic heterocycles. The van der Waals surface area contributed by atoms with Crippen molar-refractivity contribution in [3.05, 3.63) is 15.8 Å². The molecule has 0 bridgehead atoms. The average molecular weight is 255 g/mol. The van der Waals surface area contributed by atoms with Crippen molar-refractivity contribution >= 4 is 17.0 Å². The van der Waals surface area contributed by atoms with Crippen molar-refractivity contribution in [3.63, 3.8) is 0 Å². The minimum absolute atomic E-state index is 0.269. The second-order valence-electron chi connectivity index (χ2n) is 5.35. The normalized spacial score (nSPS) is 11.1. The van der Waals surface area contributed by atoms with Crippen LogP contribution in [0.25, 0.3) is 0 Å². The molecule has 1 nitrogen and oxygen atoms in total. The lowest BCUT2D eigenvalue weighted by Gasteiger charge is -2.15. The van der Waals surface area contributed by atoms with Gasteiger partial charge >= 0.3 is 0 Å². The van der Waals surface area contributed by atoms with Gasteiger partial charge in [-0.1, -0.05) is 41.5 Å². The molecule has 0 amide bonds. The molecule has 0 saturated carbocycles. The van der Waals surface area contributed by atoms with E-state index >= 15 is 0 Å². The standard InChI is InChI=1S/C13H23NS.C2H6/c1-7-11-10(14-9(2)3)8-12(15-11)13(4,5)6;1-2/h8-9,14H,7H2,1-6H3;1-2H3. The molecule has 0 unspecified atom stereocenters. The highest BCUT2D eigenvalue weighted by atomic mass is 32.1. The van der Waals surface area contributed by atoms with Gasteiger partial charge in [-0.25, -0.2) is 0 Å². The molecule has 0 aliphatic carbocycles. The van der Waals surface area contributed by atoms with Gasteiger partial charge in [-0.05, 0) is 31.7 Å². The minimum atomic E-state index is 0.269. The van der Waals surface area contributed by atoms with E-state index in [1.54, 1.807) is 0 Å². The quantitative estimate of drug-likeness (QED) is 0.757. The second-order valence-corrected chi connectivity index (χ2v) is 6.49. The molecule has 100 valence electrons. The van der Waals surface area contributed by atoms with E-state index in [-0.39, 0.29) is 5.41 Å². The summed E-state index contributed by atoms with van der Waals surface area (Å²) in [4.78, 5) is 2.95. The van der Waals surface area contributed by atoms with Crippen molar-refractivity contribution < 1.29 is 0 Å². The van der Waals surface area contributed by atoms with E-state index in [0.29, 0.717) is 6.04 Å². The molecule has 0 saturated heterocycles. The van der Waals surface area contributed by atoms with Crippen LogP contribution < -0.4 is 5.32 Å². The van der Waals surface area contributed by atoms with E-state index in [9.17, 15) is 0 Å². The molecule has 1 rings (SSSR count). The largest absolute Gasteiger partial charge is 0.382 e. The van der Waals surface area contributed by atoms with Crippen molar-refractivity contribution in [2.24, 2.45) is 0 Å². The van der Waals surface area contributed by atoms with Gasteiger partial charge in [-0.15, -0.1) is 11.3 Å². The highest BCUT2D eigenvalue weighted by Gasteiger charge is 2.19. The van der Waals surface area contributed by atoms with Gasteiger partial charge in [0, 0.05) is 21.5 Å². The Labute approximate surface area is 112 Å². The van der Waals surface area contributed by atoms with Crippen LogP contribution >= 0.6 is 11.3 Å². The van der Waals surface area contributed by atoms with Gasteiger partial charge in [0.25, 0.3) is 0 Å². The summed E-state index contributed by atoms with van der Waals surface area (Å²) in [5, 5.41) is 3.53. The van der Waals surface area contributed by atoms with E-state index in [4.69, 9.17) is 0 Å². The SMILES string of the molecule is CC.CCc1sc(C(C)(C)C)cc1NC(C)C. The van der Waals surface area contributed by atoms with E-state index in [1.165, 1.54) is 15.4 Å². The van der Waals surface area contributed by atoms with Gasteiger partial charge in [-0.2, -0.15) is 0 Å². The smallest absolute Gasteiger partial charge is 0.0486 e. The Morgan fingerprint density at radius 1 is 1.24 bits per heavy atom. The fourth-order valence-electron chi connectivity index (χ4n) is 1.49. The molecule has 0 fully saturated rings. The van der Waals surface area contributed by atoms with Crippen molar-refractivity contribution in [1.82, 2.24) is 0 Å². The van der Waals surface area contributed by atoms with Crippen LogP contribution in [0, 0.1) is 0 Å². The fraction of sp³-hybridized carbons (Fsp3) is 0.733. The molecule has 0 radical (unpaired) electrons. The maximum Gasteiger partial charge on any atom is 0.0486 e. The molecule has 17 heavy (non-hydrogen) atoms. The Morgan fingerprint density at radius 2 is 1.76 bits per heavy atom. The Hall–Kier alpha value is -0.500. The Morgan fingerprint density at radius 3 is 2.12 bits per heavy atom. The highest BCUT2D eigenvalue weighted by molar-refractivity contribution is 7.12. The summed E-state index contributed by atoms with van der Waals surface area (Å²) in [6, 6.07) is 2.83. The number of rotatable bonds is 3. The first-order chi connectivity index (χ1) is 7.84. The number of nitrogens with one attached hydrogen (secondary N) is 1. The Balaban J connectivity index is 0.00000121. The summed E-state index contributed by atoms with van der Waals surface area (Å²) in [6.45, 7) is 17.4. The summed E-state index contributed by atoms with van der Waals surface area (Å²) >= 11 is 1.95. The molecule has 0 aliphatic rings. The molecule has 1 heterocycles. The molecule has 0 aliphatic heterocycles. The number of aryl methyl sites for hydroxylation is 1. The maximum atomic E-state index is 3.53. The first kappa shape index (κ1) is 16.5. The van der Waals surface area contributed by atoms with Gasteiger partial charge < -0.3 is 5.32 Å². The number of hydrogen-bond acceptors (Lipinski definition) is 2. The zero-order chi connectivity index (χ0) is 13.6. The molecule has 0 spiro atoms. The van der Waals surface area contributed by atoms with E-state index in [2.05, 4.69) is 52.9 Å². The molecule has 2 heteroatoms. The molecular formula is C15H29NS. The average Bonchev–Trinajstić information content (AvgIpc) is 2.62. The van der Waals surface area contributed by atoms with Gasteiger partial charge in [0.2, 0.25) is 0 Å². The van der Waals surface area contributed by atoms with Crippen molar-refractivity contribution in [2.75, 3.05) is 5.32 Å². The summed E-state index contributed by atoms with van der Waals surface area (Å²) in [6.07, 6.45) is 1.12. The third-order valence-corrected chi connectivity index (χ3v) is 4.02. The van der Waals surface area contributed by atoms with Gasteiger partial charge in [-0.3, -0.25) is 0 Å². The van der Waals surface area contributed by atoms with Gasteiger partial charge in [0.05, 0.1) is 0 Å². The number of anilines is 1. The molecule has 0 atom stereocenters. The predicted molar refractivity (Wildman–Crippen MR) is 82.5 cm³/mol. The maximum absolute atomic E-state index is 3.53. The molecular weight excluding hydrogens is 226 g/mol. The van der Waals surface area contributed by atoms with Gasteiger partial charge in [0.15, 0.2) is 0 Å².